The number of aromatic nitrogens is 6. The minimum absolute atomic E-state index is 0.379. The number of H-pyrrole nitrogens is 1. The van der Waals surface area contributed by atoms with Crippen molar-refractivity contribution in [3.8, 4) is 0 Å². The third-order valence-corrected chi connectivity index (χ3v) is 2.81. The zero-order chi connectivity index (χ0) is 13.8. The summed E-state index contributed by atoms with van der Waals surface area (Å²) in [5.74, 6) is 0.920. The molecule has 1 N–H and O–H groups in total. The zero-order valence-electron chi connectivity index (χ0n) is 11.2. The summed E-state index contributed by atoms with van der Waals surface area (Å²) in [4.78, 5) is 0. The van der Waals surface area contributed by atoms with E-state index in [1.165, 1.54) is 15.7 Å². The normalized spacial score (nSPS) is 11.8. The van der Waals surface area contributed by atoms with Crippen molar-refractivity contribution in [2.75, 3.05) is 0 Å². The Hall–Kier alpha value is -1.89. The number of hydrogen-bond donors (Lipinski definition) is 1. The molecule has 0 bridgehead atoms. The van der Waals surface area contributed by atoms with Crippen LogP contribution in [-0.4, -0.2) is 30.0 Å². The van der Waals surface area contributed by atoms with Gasteiger partial charge in [-0.3, -0.25) is 0 Å². The third kappa shape index (κ3) is 3.54. The van der Waals surface area contributed by atoms with Gasteiger partial charge in [0.25, 0.3) is 5.78 Å². The SMILES string of the molecule is CC(C)=CCC/C(C)=C\c1nnc2n[nH]c(=S)n2n1. The van der Waals surface area contributed by atoms with E-state index in [0.29, 0.717) is 16.4 Å². The quantitative estimate of drug-likeness (QED) is 0.686. The van der Waals surface area contributed by atoms with Gasteiger partial charge in [-0.2, -0.15) is 4.52 Å². The minimum atomic E-state index is 0.379. The number of hydrogen-bond acceptors (Lipinski definition) is 5. The number of nitrogens with zero attached hydrogens (tertiary/aromatic N) is 5. The first-order chi connectivity index (χ1) is 9.06. The lowest BCUT2D eigenvalue weighted by Crippen LogP contribution is -2.01. The highest BCUT2D eigenvalue weighted by atomic mass is 32.1. The van der Waals surface area contributed by atoms with E-state index >= 15 is 0 Å². The van der Waals surface area contributed by atoms with E-state index in [9.17, 15) is 0 Å². The van der Waals surface area contributed by atoms with Crippen molar-refractivity contribution in [3.63, 3.8) is 0 Å². The van der Waals surface area contributed by atoms with Gasteiger partial charge >= 0.3 is 0 Å². The van der Waals surface area contributed by atoms with Gasteiger partial charge < -0.3 is 0 Å². The molecule has 0 spiro atoms. The second-order valence-electron chi connectivity index (χ2n) is 4.61. The molecule has 100 valence electrons. The van der Waals surface area contributed by atoms with Crippen LogP contribution >= 0.6 is 12.2 Å². The second kappa shape index (κ2) is 5.83. The van der Waals surface area contributed by atoms with Gasteiger partial charge in [0.15, 0.2) is 5.82 Å². The number of nitrogens with one attached hydrogen (secondary N) is 1. The van der Waals surface area contributed by atoms with E-state index in [0.717, 1.165) is 12.8 Å². The van der Waals surface area contributed by atoms with Gasteiger partial charge in [-0.25, -0.2) is 5.10 Å². The molecule has 0 fully saturated rings. The molecule has 0 saturated heterocycles. The lowest BCUT2D eigenvalue weighted by molar-refractivity contribution is 0.802. The fourth-order valence-electron chi connectivity index (χ4n) is 1.60. The Morgan fingerprint density at radius 1 is 1.32 bits per heavy atom. The summed E-state index contributed by atoms with van der Waals surface area (Å²) in [7, 11) is 0. The Kier molecular flexibility index (Phi) is 4.16. The van der Waals surface area contributed by atoms with Crippen LogP contribution in [0.5, 0.6) is 0 Å². The summed E-state index contributed by atoms with van der Waals surface area (Å²) in [5, 5.41) is 18.7. The van der Waals surface area contributed by atoms with E-state index in [1.807, 2.05) is 6.08 Å². The summed E-state index contributed by atoms with van der Waals surface area (Å²) >= 11 is 5.05. The Bertz CT molecular complexity index is 690. The summed E-state index contributed by atoms with van der Waals surface area (Å²) in [5.41, 5.74) is 2.53. The fourth-order valence-corrected chi connectivity index (χ4v) is 1.76. The number of allylic oxidation sites excluding steroid dienone is 3. The van der Waals surface area contributed by atoms with Gasteiger partial charge in [0, 0.05) is 0 Å². The molecule has 0 saturated carbocycles. The molecule has 0 aliphatic heterocycles. The molecular weight excluding hydrogens is 260 g/mol. The average Bonchev–Trinajstić information content (AvgIpc) is 2.70. The van der Waals surface area contributed by atoms with Gasteiger partial charge in [-0.05, 0) is 51.9 Å². The number of aromatic amines is 1. The average molecular weight is 276 g/mol. The van der Waals surface area contributed by atoms with E-state index in [1.54, 1.807) is 0 Å². The Morgan fingerprint density at radius 2 is 2.11 bits per heavy atom. The van der Waals surface area contributed by atoms with E-state index in [2.05, 4.69) is 52.3 Å². The van der Waals surface area contributed by atoms with Crippen LogP contribution in [0.3, 0.4) is 0 Å². The second-order valence-corrected chi connectivity index (χ2v) is 5.00. The molecule has 0 atom stereocenters. The van der Waals surface area contributed by atoms with Gasteiger partial charge in [0.1, 0.15) is 0 Å². The monoisotopic (exact) mass is 276 g/mol. The highest BCUT2D eigenvalue weighted by Crippen LogP contribution is 2.09. The fraction of sp³-hybridized carbons (Fsp3) is 0.417. The predicted octanol–water partition coefficient (Wildman–Crippen LogP) is 2.73. The Balaban J connectivity index is 2.17. The molecule has 2 rings (SSSR count). The molecule has 0 amide bonds. The maximum atomic E-state index is 5.05. The van der Waals surface area contributed by atoms with Crippen molar-refractivity contribution in [1.82, 2.24) is 30.0 Å². The molecule has 2 heterocycles. The van der Waals surface area contributed by atoms with Crippen LogP contribution in [0, 0.1) is 4.77 Å². The molecule has 0 aliphatic rings. The smallest absolute Gasteiger partial charge is 0.248 e. The van der Waals surface area contributed by atoms with E-state index in [4.69, 9.17) is 12.2 Å². The van der Waals surface area contributed by atoms with Crippen LogP contribution in [0.4, 0.5) is 0 Å². The summed E-state index contributed by atoms with van der Waals surface area (Å²) in [6.07, 6.45) is 6.13. The summed E-state index contributed by atoms with van der Waals surface area (Å²) in [6, 6.07) is 0. The lowest BCUT2D eigenvalue weighted by Gasteiger charge is -1.98. The lowest BCUT2D eigenvalue weighted by atomic mass is 10.1. The number of fused-ring (bicyclic) bond motifs is 1. The predicted molar refractivity (Wildman–Crippen MR) is 76.1 cm³/mol. The van der Waals surface area contributed by atoms with Crippen molar-refractivity contribution in [2.45, 2.75) is 33.6 Å². The molecular formula is C12H16N6S. The molecule has 0 aromatic carbocycles. The standard InChI is InChI=1S/C12H16N6S/c1-8(2)5-4-6-9(3)7-10-13-14-11-15-16-12(19)18(11)17-10/h5,7H,4,6H2,1-3H3,(H,16,19)/b9-7-. The van der Waals surface area contributed by atoms with Crippen molar-refractivity contribution in [3.05, 3.63) is 27.8 Å². The van der Waals surface area contributed by atoms with Crippen molar-refractivity contribution >= 4 is 24.1 Å². The molecule has 7 heteroatoms. The maximum Gasteiger partial charge on any atom is 0.289 e. The first-order valence-corrected chi connectivity index (χ1v) is 6.46. The van der Waals surface area contributed by atoms with Gasteiger partial charge in [0.2, 0.25) is 4.77 Å². The maximum absolute atomic E-state index is 5.05. The third-order valence-electron chi connectivity index (χ3n) is 2.54. The van der Waals surface area contributed by atoms with Crippen molar-refractivity contribution < 1.29 is 0 Å². The Morgan fingerprint density at radius 3 is 2.84 bits per heavy atom. The van der Waals surface area contributed by atoms with Gasteiger partial charge in [0.05, 0.1) is 0 Å². The van der Waals surface area contributed by atoms with Gasteiger partial charge in [-0.1, -0.05) is 17.2 Å². The highest BCUT2D eigenvalue weighted by molar-refractivity contribution is 7.71. The van der Waals surface area contributed by atoms with Crippen LogP contribution in [0.1, 0.15) is 39.4 Å². The van der Waals surface area contributed by atoms with Crippen LogP contribution in [0.2, 0.25) is 0 Å². The first kappa shape index (κ1) is 13.5. The first-order valence-electron chi connectivity index (χ1n) is 6.05. The molecule has 6 nitrogen and oxygen atoms in total. The topological polar surface area (TPSA) is 71.8 Å². The number of rotatable bonds is 4. The highest BCUT2D eigenvalue weighted by Gasteiger charge is 2.02. The molecule has 2 aromatic rings. The van der Waals surface area contributed by atoms with Gasteiger partial charge in [-0.15, -0.1) is 20.4 Å². The molecule has 19 heavy (non-hydrogen) atoms. The molecule has 0 unspecified atom stereocenters. The molecule has 0 aliphatic carbocycles. The van der Waals surface area contributed by atoms with Crippen molar-refractivity contribution in [2.24, 2.45) is 0 Å². The molecule has 2 aromatic heterocycles. The van der Waals surface area contributed by atoms with Crippen LogP contribution in [0.15, 0.2) is 17.2 Å². The van der Waals surface area contributed by atoms with Crippen molar-refractivity contribution in [1.29, 1.82) is 0 Å². The van der Waals surface area contributed by atoms with Crippen LogP contribution in [-0.2, 0) is 0 Å². The summed E-state index contributed by atoms with van der Waals surface area (Å²) < 4.78 is 1.89. The van der Waals surface area contributed by atoms with E-state index in [-0.39, 0.29) is 0 Å². The van der Waals surface area contributed by atoms with Crippen LogP contribution < -0.4 is 0 Å². The largest absolute Gasteiger partial charge is 0.289 e. The summed E-state index contributed by atoms with van der Waals surface area (Å²) in [6.45, 7) is 6.25. The van der Waals surface area contributed by atoms with E-state index < -0.39 is 0 Å². The minimum Gasteiger partial charge on any atom is -0.248 e. The van der Waals surface area contributed by atoms with Crippen LogP contribution in [0.25, 0.3) is 11.9 Å². The zero-order valence-corrected chi connectivity index (χ0v) is 12.0. The Labute approximate surface area is 116 Å². The molecule has 0 radical (unpaired) electrons.